The molecule has 2 aromatic carbocycles. The van der Waals surface area contributed by atoms with Crippen LogP contribution in [0.25, 0.3) is 5.69 Å². The van der Waals surface area contributed by atoms with Gasteiger partial charge in [0.2, 0.25) is 11.1 Å². The summed E-state index contributed by atoms with van der Waals surface area (Å²) in [7, 11) is 0. The van der Waals surface area contributed by atoms with Gasteiger partial charge in [-0.25, -0.2) is 0 Å². The first-order chi connectivity index (χ1) is 13.2. The summed E-state index contributed by atoms with van der Waals surface area (Å²) in [5, 5.41) is 15.8. The minimum Gasteiger partial charge on any atom is -0.355 e. The molecule has 6 nitrogen and oxygen atoms in total. The van der Waals surface area contributed by atoms with E-state index in [4.69, 9.17) is 11.6 Å². The molecule has 3 aromatic rings. The lowest BCUT2D eigenvalue weighted by Crippen LogP contribution is -2.29. The van der Waals surface area contributed by atoms with Crippen molar-refractivity contribution in [3.63, 3.8) is 0 Å². The highest BCUT2D eigenvalue weighted by molar-refractivity contribution is 7.99. The third kappa shape index (κ3) is 5.30. The van der Waals surface area contributed by atoms with Crippen LogP contribution in [-0.4, -0.2) is 38.4 Å². The van der Waals surface area contributed by atoms with E-state index in [0.29, 0.717) is 22.6 Å². The first-order valence-electron chi connectivity index (χ1n) is 8.66. The number of rotatable bonds is 8. The third-order valence-corrected chi connectivity index (χ3v) is 5.29. The Balaban J connectivity index is 1.55. The summed E-state index contributed by atoms with van der Waals surface area (Å²) in [4.78, 5) is 12.3. The van der Waals surface area contributed by atoms with E-state index in [1.807, 2.05) is 30.3 Å². The zero-order valence-electron chi connectivity index (χ0n) is 14.9. The molecule has 0 unspecified atom stereocenters. The second-order valence-corrected chi connectivity index (χ2v) is 7.34. The molecule has 0 spiro atoms. The monoisotopic (exact) mass is 401 g/mol. The summed E-state index contributed by atoms with van der Waals surface area (Å²) in [5.41, 5.74) is 1.99. The third-order valence-electron chi connectivity index (χ3n) is 4.14. The molecule has 1 aromatic heterocycles. The summed E-state index contributed by atoms with van der Waals surface area (Å²) >= 11 is 7.31. The van der Waals surface area contributed by atoms with E-state index in [1.54, 1.807) is 16.8 Å². The van der Waals surface area contributed by atoms with Gasteiger partial charge in [0, 0.05) is 17.5 Å². The molecule has 140 valence electrons. The number of tetrazole rings is 1. The van der Waals surface area contributed by atoms with E-state index < -0.39 is 0 Å². The molecule has 1 N–H and O–H groups in total. The molecular formula is C19H20ClN5OS. The maximum Gasteiger partial charge on any atom is 0.230 e. The maximum absolute atomic E-state index is 12.3. The predicted molar refractivity (Wildman–Crippen MR) is 107 cm³/mol. The summed E-state index contributed by atoms with van der Waals surface area (Å²) in [6.07, 6.45) is 0.963. The number of hydrogen-bond acceptors (Lipinski definition) is 5. The Labute approximate surface area is 167 Å². The van der Waals surface area contributed by atoms with E-state index in [2.05, 4.69) is 39.9 Å². The van der Waals surface area contributed by atoms with E-state index in [9.17, 15) is 4.79 Å². The molecule has 0 aliphatic rings. The lowest BCUT2D eigenvalue weighted by Gasteiger charge is -2.16. The van der Waals surface area contributed by atoms with Crippen LogP contribution in [0.3, 0.4) is 0 Å². The molecule has 0 bridgehead atoms. The number of amides is 1. The predicted octanol–water partition coefficient (Wildman–Crippen LogP) is 3.72. The zero-order valence-corrected chi connectivity index (χ0v) is 16.5. The SMILES string of the molecule is CC[C@@H](CNC(=O)CSc1nnnn1-c1cccc(Cl)c1)c1ccccc1. The smallest absolute Gasteiger partial charge is 0.230 e. The Morgan fingerprint density at radius 1 is 1.22 bits per heavy atom. The van der Waals surface area contributed by atoms with Gasteiger partial charge in [0.1, 0.15) is 0 Å². The molecule has 8 heteroatoms. The Morgan fingerprint density at radius 2 is 2.04 bits per heavy atom. The highest BCUT2D eigenvalue weighted by atomic mass is 35.5. The zero-order chi connectivity index (χ0) is 19.1. The van der Waals surface area contributed by atoms with Gasteiger partial charge in [0.25, 0.3) is 0 Å². The van der Waals surface area contributed by atoms with Crippen LogP contribution in [0.1, 0.15) is 24.8 Å². The highest BCUT2D eigenvalue weighted by Gasteiger charge is 2.14. The van der Waals surface area contributed by atoms with Gasteiger partial charge < -0.3 is 5.32 Å². The normalized spacial score (nSPS) is 11.9. The molecule has 0 aliphatic heterocycles. The molecule has 27 heavy (non-hydrogen) atoms. The number of halogens is 1. The minimum absolute atomic E-state index is 0.0463. The van der Waals surface area contributed by atoms with Crippen LogP contribution in [0.4, 0.5) is 0 Å². The lowest BCUT2D eigenvalue weighted by atomic mass is 9.96. The van der Waals surface area contributed by atoms with Crippen molar-refractivity contribution in [2.75, 3.05) is 12.3 Å². The van der Waals surface area contributed by atoms with Crippen LogP contribution in [-0.2, 0) is 4.79 Å². The molecule has 0 saturated heterocycles. The van der Waals surface area contributed by atoms with E-state index in [1.165, 1.54) is 17.3 Å². The summed E-state index contributed by atoms with van der Waals surface area (Å²) in [6.45, 7) is 2.73. The number of hydrogen-bond donors (Lipinski definition) is 1. The maximum atomic E-state index is 12.3. The van der Waals surface area contributed by atoms with Gasteiger partial charge in [-0.3, -0.25) is 4.79 Å². The molecule has 0 radical (unpaired) electrons. The van der Waals surface area contributed by atoms with Gasteiger partial charge in [-0.05, 0) is 40.6 Å². The summed E-state index contributed by atoms with van der Waals surface area (Å²) in [6, 6.07) is 17.5. The Morgan fingerprint density at radius 3 is 2.78 bits per heavy atom. The fraction of sp³-hybridized carbons (Fsp3) is 0.263. The van der Waals surface area contributed by atoms with Crippen LogP contribution >= 0.6 is 23.4 Å². The fourth-order valence-electron chi connectivity index (χ4n) is 2.68. The molecule has 1 amide bonds. The van der Waals surface area contributed by atoms with Crippen molar-refractivity contribution in [3.8, 4) is 5.69 Å². The van der Waals surface area contributed by atoms with Gasteiger partial charge in [-0.1, -0.05) is 66.7 Å². The standard InChI is InChI=1S/C19H20ClN5OS/c1-2-14(15-7-4-3-5-8-15)12-21-18(26)13-27-19-22-23-24-25(19)17-10-6-9-16(20)11-17/h3-11,14H,2,12-13H2,1H3,(H,21,26)/t14-/m0/s1. The molecule has 3 rings (SSSR count). The summed E-state index contributed by atoms with van der Waals surface area (Å²) in [5.74, 6) is 0.499. The fourth-order valence-corrected chi connectivity index (χ4v) is 3.59. The lowest BCUT2D eigenvalue weighted by molar-refractivity contribution is -0.118. The number of nitrogens with one attached hydrogen (secondary N) is 1. The quantitative estimate of drug-likeness (QED) is 0.582. The van der Waals surface area contributed by atoms with Crippen molar-refractivity contribution in [2.24, 2.45) is 0 Å². The van der Waals surface area contributed by atoms with E-state index >= 15 is 0 Å². The number of benzene rings is 2. The van der Waals surface area contributed by atoms with Crippen LogP contribution < -0.4 is 5.32 Å². The van der Waals surface area contributed by atoms with Crippen molar-refractivity contribution in [3.05, 3.63) is 65.2 Å². The Kier molecular flexibility index (Phi) is 6.84. The number of aromatic nitrogens is 4. The van der Waals surface area contributed by atoms with Crippen LogP contribution in [0.5, 0.6) is 0 Å². The van der Waals surface area contributed by atoms with Crippen LogP contribution in [0.2, 0.25) is 5.02 Å². The number of carbonyl (C=O) groups excluding carboxylic acids is 1. The second kappa shape index (κ2) is 9.53. The van der Waals surface area contributed by atoms with Crippen molar-refractivity contribution in [1.29, 1.82) is 0 Å². The number of nitrogens with zero attached hydrogens (tertiary/aromatic N) is 4. The Hall–Kier alpha value is -2.38. The number of thioether (sulfide) groups is 1. The van der Waals surface area contributed by atoms with Crippen molar-refractivity contribution in [2.45, 2.75) is 24.4 Å². The van der Waals surface area contributed by atoms with E-state index in [0.717, 1.165) is 12.1 Å². The molecule has 0 aliphatic carbocycles. The molecule has 0 fully saturated rings. The molecule has 0 saturated carbocycles. The van der Waals surface area contributed by atoms with Gasteiger partial charge in [0.15, 0.2) is 0 Å². The van der Waals surface area contributed by atoms with Gasteiger partial charge in [0.05, 0.1) is 11.4 Å². The molecular weight excluding hydrogens is 382 g/mol. The minimum atomic E-state index is -0.0463. The topological polar surface area (TPSA) is 72.7 Å². The van der Waals surface area contributed by atoms with Crippen molar-refractivity contribution < 1.29 is 4.79 Å². The van der Waals surface area contributed by atoms with Gasteiger partial charge in [-0.2, -0.15) is 4.68 Å². The van der Waals surface area contributed by atoms with Crippen LogP contribution in [0.15, 0.2) is 59.8 Å². The van der Waals surface area contributed by atoms with Crippen LogP contribution in [0, 0.1) is 0 Å². The van der Waals surface area contributed by atoms with Crippen molar-refractivity contribution >= 4 is 29.3 Å². The average Bonchev–Trinajstić information content (AvgIpc) is 3.16. The first-order valence-corrected chi connectivity index (χ1v) is 10.0. The highest BCUT2D eigenvalue weighted by Crippen LogP contribution is 2.21. The largest absolute Gasteiger partial charge is 0.355 e. The molecule has 1 atom stereocenters. The van der Waals surface area contributed by atoms with Gasteiger partial charge >= 0.3 is 0 Å². The molecule has 1 heterocycles. The summed E-state index contributed by atoms with van der Waals surface area (Å²) < 4.78 is 1.57. The number of carbonyl (C=O) groups is 1. The van der Waals surface area contributed by atoms with E-state index in [-0.39, 0.29) is 11.7 Å². The average molecular weight is 402 g/mol. The van der Waals surface area contributed by atoms with Crippen molar-refractivity contribution in [1.82, 2.24) is 25.5 Å². The first kappa shape index (κ1) is 19.4. The second-order valence-electron chi connectivity index (χ2n) is 5.96. The van der Waals surface area contributed by atoms with Gasteiger partial charge in [-0.15, -0.1) is 5.10 Å². The Bertz CT molecular complexity index is 887.